The van der Waals surface area contributed by atoms with E-state index in [2.05, 4.69) is 63.9 Å². The normalized spacial score (nSPS) is 18.7. The van der Waals surface area contributed by atoms with Crippen molar-refractivity contribution in [2.75, 3.05) is 56.4 Å². The van der Waals surface area contributed by atoms with Crippen molar-refractivity contribution in [3.05, 3.63) is 101 Å². The number of pyridine rings is 1. The quantitative estimate of drug-likeness (QED) is 0.176. The summed E-state index contributed by atoms with van der Waals surface area (Å²) in [5.74, 6) is 0.608. The van der Waals surface area contributed by atoms with Crippen LogP contribution in [0.5, 0.6) is 5.75 Å². The highest BCUT2D eigenvalue weighted by Gasteiger charge is 2.42. The predicted molar refractivity (Wildman–Crippen MR) is 175 cm³/mol. The smallest absolute Gasteiger partial charge is 0.174 e. The summed E-state index contributed by atoms with van der Waals surface area (Å²) in [6.07, 6.45) is 1.82. The molecule has 1 N–H and O–H groups in total. The number of anilines is 2. The van der Waals surface area contributed by atoms with E-state index in [-0.39, 0.29) is 12.1 Å². The first-order valence-electron chi connectivity index (χ1n) is 14.5. The van der Waals surface area contributed by atoms with Gasteiger partial charge in [0.25, 0.3) is 0 Å². The summed E-state index contributed by atoms with van der Waals surface area (Å²) in [5, 5.41) is 4.69. The number of methoxy groups -OCH3 is 1. The minimum absolute atomic E-state index is 0.161. The number of aromatic nitrogens is 2. The molecule has 0 saturated carbocycles. The zero-order chi connectivity index (χ0) is 29.9. The number of thiocarbonyl (C=S) groups is 1. The van der Waals surface area contributed by atoms with Gasteiger partial charge in [0.15, 0.2) is 5.11 Å². The molecular weight excluding hydrogens is 582 g/mol. The number of ether oxygens (including phenoxy) is 3. The molecule has 2 atom stereocenters. The van der Waals surface area contributed by atoms with Crippen molar-refractivity contribution in [3.63, 3.8) is 0 Å². The first kappa shape index (κ1) is 29.4. The molecule has 2 saturated heterocycles. The summed E-state index contributed by atoms with van der Waals surface area (Å²) in [4.78, 5) is 9.23. The topological polar surface area (TPSA) is 64.0 Å². The number of nitrogens with zero attached hydrogens (tertiary/aromatic N) is 4. The number of rotatable bonds is 9. The van der Waals surface area contributed by atoms with Crippen molar-refractivity contribution >= 4 is 40.3 Å². The van der Waals surface area contributed by atoms with Crippen LogP contribution in [0.15, 0.2) is 72.9 Å². The molecule has 0 spiro atoms. The first-order valence-corrected chi connectivity index (χ1v) is 15.3. The van der Waals surface area contributed by atoms with Gasteiger partial charge in [-0.15, -0.1) is 0 Å². The van der Waals surface area contributed by atoms with Gasteiger partial charge in [-0.05, 0) is 92.3 Å². The molecule has 43 heavy (non-hydrogen) atoms. The standard InChI is InChI=1S/C33H36ClN5O3S/c1-22-20-27(23(2)38(22)25-9-7-24(8-10-25)37-14-16-41-17-15-37)32-31(29-6-4-5-13-35-29)36-33(43)39(32)26-11-12-30(28(34)21-26)42-19-18-40-3/h4-13,20-21,31-32H,14-19H2,1-3H3,(H,36,43)/t31-,32+/m1/s1. The number of aryl methyl sites for hydroxylation is 1. The molecule has 2 aromatic heterocycles. The molecular formula is C33H36ClN5O3S. The maximum atomic E-state index is 6.71. The Kier molecular flexibility index (Phi) is 8.85. The van der Waals surface area contributed by atoms with Gasteiger partial charge in [0.2, 0.25) is 0 Å². The van der Waals surface area contributed by atoms with Gasteiger partial charge in [-0.3, -0.25) is 4.98 Å². The molecule has 10 heteroatoms. The number of morpholine rings is 1. The lowest BCUT2D eigenvalue weighted by atomic mass is 9.96. The Bertz CT molecular complexity index is 1570. The number of hydrogen-bond acceptors (Lipinski definition) is 6. The Hall–Kier alpha value is -3.63. The molecule has 2 fully saturated rings. The summed E-state index contributed by atoms with van der Waals surface area (Å²) in [6.45, 7) is 8.58. The molecule has 6 rings (SSSR count). The van der Waals surface area contributed by atoms with Gasteiger partial charge in [0, 0.05) is 54.8 Å². The summed E-state index contributed by atoms with van der Waals surface area (Å²) in [6, 6.07) is 22.5. The van der Waals surface area contributed by atoms with E-state index in [1.807, 2.05) is 42.6 Å². The van der Waals surface area contributed by atoms with Crippen LogP contribution in [0.25, 0.3) is 5.69 Å². The van der Waals surface area contributed by atoms with Crippen molar-refractivity contribution in [3.8, 4) is 11.4 Å². The molecule has 0 aliphatic carbocycles. The number of nitrogens with one attached hydrogen (secondary N) is 1. The Morgan fingerprint density at radius 1 is 0.977 bits per heavy atom. The maximum absolute atomic E-state index is 6.71. The molecule has 4 heterocycles. The van der Waals surface area contributed by atoms with E-state index in [1.165, 1.54) is 5.69 Å². The molecule has 0 radical (unpaired) electrons. The van der Waals surface area contributed by atoms with Crippen molar-refractivity contribution in [1.82, 2.24) is 14.9 Å². The maximum Gasteiger partial charge on any atom is 0.174 e. The van der Waals surface area contributed by atoms with Gasteiger partial charge in [-0.1, -0.05) is 17.7 Å². The molecule has 2 aliphatic heterocycles. The fraction of sp³-hybridized carbons (Fsp3) is 0.333. The predicted octanol–water partition coefficient (Wildman–Crippen LogP) is 6.18. The van der Waals surface area contributed by atoms with Crippen LogP contribution in [0.3, 0.4) is 0 Å². The average molecular weight is 618 g/mol. The Morgan fingerprint density at radius 2 is 1.72 bits per heavy atom. The molecule has 0 amide bonds. The zero-order valence-corrected chi connectivity index (χ0v) is 26.2. The van der Waals surface area contributed by atoms with E-state index >= 15 is 0 Å². The number of hydrogen-bond donors (Lipinski definition) is 1. The van der Waals surface area contributed by atoms with Crippen molar-refractivity contribution in [2.45, 2.75) is 25.9 Å². The lowest BCUT2D eigenvalue weighted by molar-refractivity contribution is 0.122. The van der Waals surface area contributed by atoms with Crippen LogP contribution >= 0.6 is 23.8 Å². The molecule has 0 bridgehead atoms. The fourth-order valence-corrected chi connectivity index (χ4v) is 6.63. The zero-order valence-electron chi connectivity index (χ0n) is 24.6. The van der Waals surface area contributed by atoms with Gasteiger partial charge in [-0.25, -0.2) is 0 Å². The van der Waals surface area contributed by atoms with Gasteiger partial charge < -0.3 is 33.9 Å². The van der Waals surface area contributed by atoms with Crippen molar-refractivity contribution in [1.29, 1.82) is 0 Å². The van der Waals surface area contributed by atoms with Crippen LogP contribution < -0.4 is 19.9 Å². The molecule has 2 aliphatic rings. The van der Waals surface area contributed by atoms with Gasteiger partial charge in [0.1, 0.15) is 12.4 Å². The summed E-state index contributed by atoms with van der Waals surface area (Å²) < 4.78 is 18.8. The highest BCUT2D eigenvalue weighted by molar-refractivity contribution is 7.80. The van der Waals surface area contributed by atoms with Crippen molar-refractivity contribution < 1.29 is 14.2 Å². The molecule has 0 unspecified atom stereocenters. The largest absolute Gasteiger partial charge is 0.490 e. The molecule has 2 aromatic carbocycles. The van der Waals surface area contributed by atoms with E-state index in [9.17, 15) is 0 Å². The van der Waals surface area contributed by atoms with Gasteiger partial charge in [-0.2, -0.15) is 0 Å². The van der Waals surface area contributed by atoms with Crippen LogP contribution in [0.2, 0.25) is 5.02 Å². The second kappa shape index (κ2) is 12.9. The SMILES string of the molecule is COCCOc1ccc(N2C(=S)N[C@H](c3ccccn3)[C@@H]2c2cc(C)n(-c3ccc(N4CCOCC4)cc3)c2C)cc1Cl. The van der Waals surface area contributed by atoms with E-state index in [1.54, 1.807) is 7.11 Å². The van der Waals surface area contributed by atoms with Gasteiger partial charge in [0.05, 0.1) is 42.6 Å². The van der Waals surface area contributed by atoms with Crippen molar-refractivity contribution in [2.24, 2.45) is 0 Å². The molecule has 4 aromatic rings. The Balaban J connectivity index is 1.38. The van der Waals surface area contributed by atoms with E-state index < -0.39 is 0 Å². The van der Waals surface area contributed by atoms with Gasteiger partial charge >= 0.3 is 0 Å². The van der Waals surface area contributed by atoms with E-state index in [0.29, 0.717) is 29.1 Å². The van der Waals surface area contributed by atoms with Crippen LogP contribution in [0.1, 0.15) is 34.7 Å². The van der Waals surface area contributed by atoms with Crippen LogP contribution in [-0.2, 0) is 9.47 Å². The third kappa shape index (κ3) is 5.95. The summed E-state index contributed by atoms with van der Waals surface area (Å²) >= 11 is 12.7. The van der Waals surface area contributed by atoms with Crippen LogP contribution in [-0.4, -0.2) is 61.3 Å². The molecule has 224 valence electrons. The second-order valence-electron chi connectivity index (χ2n) is 10.7. The summed E-state index contributed by atoms with van der Waals surface area (Å²) in [7, 11) is 1.64. The number of halogens is 1. The molecule has 8 nitrogen and oxygen atoms in total. The minimum Gasteiger partial charge on any atom is -0.490 e. The minimum atomic E-state index is -0.164. The van der Waals surface area contributed by atoms with Crippen LogP contribution in [0.4, 0.5) is 11.4 Å². The third-order valence-electron chi connectivity index (χ3n) is 8.11. The summed E-state index contributed by atoms with van der Waals surface area (Å²) in [5.41, 5.74) is 7.58. The van der Waals surface area contributed by atoms with E-state index in [0.717, 1.165) is 60.3 Å². The monoisotopic (exact) mass is 617 g/mol. The average Bonchev–Trinajstić information content (AvgIpc) is 3.53. The van der Waals surface area contributed by atoms with E-state index in [4.69, 9.17) is 43.0 Å². The third-order valence-corrected chi connectivity index (χ3v) is 8.72. The lowest BCUT2D eigenvalue weighted by Gasteiger charge is -2.29. The highest BCUT2D eigenvalue weighted by atomic mass is 35.5. The first-order chi connectivity index (χ1) is 21.0. The van der Waals surface area contributed by atoms with Crippen LogP contribution in [0, 0.1) is 13.8 Å². The fourth-order valence-electron chi connectivity index (χ4n) is 6.06. The highest BCUT2D eigenvalue weighted by Crippen LogP contribution is 2.45. The lowest BCUT2D eigenvalue weighted by Crippen LogP contribution is -2.36. The second-order valence-corrected chi connectivity index (χ2v) is 11.5. The Morgan fingerprint density at radius 3 is 2.42 bits per heavy atom. The number of benzene rings is 2. The Labute approximate surface area is 263 Å².